The fourth-order valence-corrected chi connectivity index (χ4v) is 2.10. The monoisotopic (exact) mass is 281 g/mol. The second-order valence-electron chi connectivity index (χ2n) is 4.35. The molecule has 2 rings (SSSR count). The number of nitrogens with one attached hydrogen (secondary N) is 1. The number of nitrogens with zero attached hydrogens (tertiary/aromatic N) is 2. The Balaban J connectivity index is 2.13. The van der Waals surface area contributed by atoms with Crippen LogP contribution in [0, 0.1) is 5.82 Å². The molecule has 19 heavy (non-hydrogen) atoms. The number of aromatic nitrogens is 2. The summed E-state index contributed by atoms with van der Waals surface area (Å²) in [6, 6.07) is 4.73. The third-order valence-corrected chi connectivity index (χ3v) is 3.26. The number of hydrogen-bond acceptors (Lipinski definition) is 2. The quantitative estimate of drug-likeness (QED) is 0.824. The Labute approximate surface area is 117 Å². The lowest BCUT2D eigenvalue weighted by Gasteiger charge is -2.10. The van der Waals surface area contributed by atoms with Gasteiger partial charge in [-0.2, -0.15) is 0 Å². The van der Waals surface area contributed by atoms with Gasteiger partial charge in [-0.1, -0.05) is 24.6 Å². The summed E-state index contributed by atoms with van der Waals surface area (Å²) in [5.74, 6) is 0.599. The Morgan fingerprint density at radius 2 is 2.26 bits per heavy atom. The molecule has 0 aliphatic carbocycles. The van der Waals surface area contributed by atoms with Crippen LogP contribution in [-0.4, -0.2) is 16.1 Å². The van der Waals surface area contributed by atoms with E-state index in [-0.39, 0.29) is 5.82 Å². The Bertz CT molecular complexity index is 519. The second-order valence-corrected chi connectivity index (χ2v) is 4.76. The van der Waals surface area contributed by atoms with E-state index in [1.165, 1.54) is 6.07 Å². The fourth-order valence-electron chi connectivity index (χ4n) is 1.88. The zero-order valence-electron chi connectivity index (χ0n) is 10.9. The number of rotatable bonds is 6. The molecule has 0 bridgehead atoms. The van der Waals surface area contributed by atoms with Gasteiger partial charge < -0.3 is 9.88 Å². The number of hydrogen-bond donors (Lipinski definition) is 1. The van der Waals surface area contributed by atoms with Crippen LogP contribution in [0.4, 0.5) is 4.39 Å². The van der Waals surface area contributed by atoms with E-state index < -0.39 is 0 Å². The van der Waals surface area contributed by atoms with Gasteiger partial charge in [0.05, 0.1) is 13.1 Å². The van der Waals surface area contributed by atoms with E-state index in [9.17, 15) is 4.39 Å². The highest BCUT2D eigenvalue weighted by atomic mass is 35.5. The molecule has 1 heterocycles. The van der Waals surface area contributed by atoms with E-state index in [0.29, 0.717) is 23.7 Å². The summed E-state index contributed by atoms with van der Waals surface area (Å²) in [6.45, 7) is 4.12. The highest BCUT2D eigenvalue weighted by Crippen LogP contribution is 2.20. The van der Waals surface area contributed by atoms with Crippen LogP contribution in [0.15, 0.2) is 30.6 Å². The highest BCUT2D eigenvalue weighted by Gasteiger charge is 2.10. The van der Waals surface area contributed by atoms with Gasteiger partial charge in [-0.25, -0.2) is 9.37 Å². The minimum atomic E-state index is -0.284. The number of imidazole rings is 1. The molecule has 102 valence electrons. The van der Waals surface area contributed by atoms with E-state index in [0.717, 1.165) is 18.8 Å². The summed E-state index contributed by atoms with van der Waals surface area (Å²) in [5, 5.41) is 3.73. The molecule has 0 saturated heterocycles. The normalized spacial score (nSPS) is 10.9. The van der Waals surface area contributed by atoms with Crippen molar-refractivity contribution in [3.8, 4) is 0 Å². The average molecular weight is 282 g/mol. The van der Waals surface area contributed by atoms with Crippen molar-refractivity contribution in [1.29, 1.82) is 0 Å². The Hall–Kier alpha value is -1.39. The summed E-state index contributed by atoms with van der Waals surface area (Å²) in [6.07, 6.45) is 4.63. The van der Waals surface area contributed by atoms with Crippen molar-refractivity contribution in [3.05, 3.63) is 52.8 Å². The lowest BCUT2D eigenvalue weighted by atomic mass is 10.2. The molecule has 0 amide bonds. The van der Waals surface area contributed by atoms with Crippen molar-refractivity contribution in [2.24, 2.45) is 0 Å². The van der Waals surface area contributed by atoms with Crippen LogP contribution >= 0.6 is 11.6 Å². The lowest BCUT2D eigenvalue weighted by molar-refractivity contribution is 0.581. The first-order valence-electron chi connectivity index (χ1n) is 6.36. The average Bonchev–Trinajstić information content (AvgIpc) is 2.82. The molecule has 1 aromatic carbocycles. The molecule has 1 N–H and O–H groups in total. The zero-order valence-corrected chi connectivity index (χ0v) is 11.6. The predicted molar refractivity (Wildman–Crippen MR) is 74.7 cm³/mol. The predicted octanol–water partition coefficient (Wildman–Crippen LogP) is 3.22. The molecule has 0 spiro atoms. The van der Waals surface area contributed by atoms with E-state index in [1.807, 2.05) is 10.8 Å². The van der Waals surface area contributed by atoms with Gasteiger partial charge in [-0.15, -0.1) is 0 Å². The van der Waals surface area contributed by atoms with E-state index >= 15 is 0 Å². The fraction of sp³-hybridized carbons (Fsp3) is 0.357. The SMILES string of the molecule is CCCNCc1nccn1Cc1c(F)cccc1Cl. The van der Waals surface area contributed by atoms with Crippen LogP contribution in [0.5, 0.6) is 0 Å². The molecular formula is C14H17ClFN3. The first-order valence-corrected chi connectivity index (χ1v) is 6.73. The van der Waals surface area contributed by atoms with E-state index in [1.54, 1.807) is 18.3 Å². The second kappa shape index (κ2) is 6.68. The zero-order chi connectivity index (χ0) is 13.7. The lowest BCUT2D eigenvalue weighted by Crippen LogP contribution is -2.18. The van der Waals surface area contributed by atoms with Gasteiger partial charge in [0.15, 0.2) is 0 Å². The summed E-state index contributed by atoms with van der Waals surface area (Å²) < 4.78 is 15.7. The smallest absolute Gasteiger partial charge is 0.129 e. The van der Waals surface area contributed by atoms with Gasteiger partial charge in [-0.05, 0) is 25.1 Å². The van der Waals surface area contributed by atoms with Crippen molar-refractivity contribution in [2.75, 3.05) is 6.54 Å². The molecule has 0 radical (unpaired) electrons. The van der Waals surface area contributed by atoms with Crippen LogP contribution < -0.4 is 5.32 Å². The summed E-state index contributed by atoms with van der Waals surface area (Å²) >= 11 is 6.04. The van der Waals surface area contributed by atoms with E-state index in [4.69, 9.17) is 11.6 Å². The standard InChI is InChI=1S/C14H17ClFN3/c1-2-6-17-9-14-18-7-8-19(14)10-11-12(15)4-3-5-13(11)16/h3-5,7-8,17H,2,6,9-10H2,1H3. The molecule has 1 aromatic heterocycles. The van der Waals surface area contributed by atoms with Crippen molar-refractivity contribution >= 4 is 11.6 Å². The van der Waals surface area contributed by atoms with Crippen molar-refractivity contribution in [2.45, 2.75) is 26.4 Å². The molecule has 0 aliphatic heterocycles. The first kappa shape index (κ1) is 14.0. The van der Waals surface area contributed by atoms with Crippen LogP contribution in [0.1, 0.15) is 24.7 Å². The molecule has 5 heteroatoms. The van der Waals surface area contributed by atoms with Crippen LogP contribution in [0.25, 0.3) is 0 Å². The van der Waals surface area contributed by atoms with Gasteiger partial charge in [-0.3, -0.25) is 0 Å². The van der Waals surface area contributed by atoms with Crippen LogP contribution in [0.3, 0.4) is 0 Å². The van der Waals surface area contributed by atoms with Gasteiger partial charge in [0, 0.05) is 23.0 Å². The van der Waals surface area contributed by atoms with Crippen molar-refractivity contribution < 1.29 is 4.39 Å². The summed E-state index contributed by atoms with van der Waals surface area (Å²) in [4.78, 5) is 4.28. The van der Waals surface area contributed by atoms with Gasteiger partial charge in [0.2, 0.25) is 0 Å². The maximum absolute atomic E-state index is 13.7. The third-order valence-electron chi connectivity index (χ3n) is 2.90. The number of benzene rings is 1. The summed E-state index contributed by atoms with van der Waals surface area (Å²) in [5.41, 5.74) is 0.499. The van der Waals surface area contributed by atoms with E-state index in [2.05, 4.69) is 17.2 Å². The third kappa shape index (κ3) is 3.55. The minimum absolute atomic E-state index is 0.284. The minimum Gasteiger partial charge on any atom is -0.329 e. The maximum atomic E-state index is 13.7. The first-order chi connectivity index (χ1) is 9.22. The molecule has 0 unspecified atom stereocenters. The van der Waals surface area contributed by atoms with Crippen LogP contribution in [0.2, 0.25) is 5.02 Å². The van der Waals surface area contributed by atoms with Gasteiger partial charge >= 0.3 is 0 Å². The van der Waals surface area contributed by atoms with Crippen molar-refractivity contribution in [3.63, 3.8) is 0 Å². The summed E-state index contributed by atoms with van der Waals surface area (Å²) in [7, 11) is 0. The maximum Gasteiger partial charge on any atom is 0.129 e. The Kier molecular flexibility index (Phi) is 4.93. The molecule has 3 nitrogen and oxygen atoms in total. The number of halogens is 2. The molecule has 0 fully saturated rings. The van der Waals surface area contributed by atoms with Gasteiger partial charge in [0.1, 0.15) is 11.6 Å². The largest absolute Gasteiger partial charge is 0.329 e. The topological polar surface area (TPSA) is 29.9 Å². The Morgan fingerprint density at radius 3 is 3.00 bits per heavy atom. The molecule has 0 aliphatic rings. The molecular weight excluding hydrogens is 265 g/mol. The molecule has 0 atom stereocenters. The van der Waals surface area contributed by atoms with Gasteiger partial charge in [0.25, 0.3) is 0 Å². The van der Waals surface area contributed by atoms with Crippen molar-refractivity contribution in [1.82, 2.24) is 14.9 Å². The van der Waals surface area contributed by atoms with Crippen LogP contribution in [-0.2, 0) is 13.1 Å². The Morgan fingerprint density at radius 1 is 1.42 bits per heavy atom. The highest BCUT2D eigenvalue weighted by molar-refractivity contribution is 6.31. The molecule has 0 saturated carbocycles. The molecule has 2 aromatic rings.